The van der Waals surface area contributed by atoms with Crippen molar-refractivity contribution in [2.45, 2.75) is 32.7 Å². The molecule has 8 heteroatoms. The van der Waals surface area contributed by atoms with Gasteiger partial charge >= 0.3 is 11.8 Å². The molecule has 138 valence electrons. The fourth-order valence-electron chi connectivity index (χ4n) is 2.63. The molecule has 0 bridgehead atoms. The number of carbonyl (C=O) groups is 3. The molecule has 26 heavy (non-hydrogen) atoms. The fourth-order valence-corrected chi connectivity index (χ4v) is 2.63. The van der Waals surface area contributed by atoms with Crippen molar-refractivity contribution in [3.05, 3.63) is 29.6 Å². The SMILES string of the molecule is CC(C)(C)NC(=O)C(=O)N1CC[C@H](C(=O)Nc2ccc(F)c(C#N)c2)C1. The second-order valence-corrected chi connectivity index (χ2v) is 7.24. The van der Waals surface area contributed by atoms with Crippen LogP contribution in [0.1, 0.15) is 32.8 Å². The lowest BCUT2D eigenvalue weighted by Crippen LogP contribution is -2.49. The number of nitrogens with one attached hydrogen (secondary N) is 2. The first-order valence-electron chi connectivity index (χ1n) is 8.22. The molecule has 0 aromatic heterocycles. The van der Waals surface area contributed by atoms with Gasteiger partial charge < -0.3 is 15.5 Å². The smallest absolute Gasteiger partial charge is 0.311 e. The molecule has 1 aliphatic heterocycles. The molecule has 0 spiro atoms. The predicted molar refractivity (Wildman–Crippen MR) is 92.3 cm³/mol. The van der Waals surface area contributed by atoms with E-state index in [0.29, 0.717) is 18.7 Å². The van der Waals surface area contributed by atoms with E-state index in [-0.39, 0.29) is 18.0 Å². The molecule has 1 saturated heterocycles. The number of likely N-dealkylation sites (tertiary alicyclic amines) is 1. The van der Waals surface area contributed by atoms with E-state index in [0.717, 1.165) is 6.07 Å². The van der Waals surface area contributed by atoms with E-state index in [1.807, 2.05) is 0 Å². The van der Waals surface area contributed by atoms with Crippen LogP contribution in [0.25, 0.3) is 0 Å². The summed E-state index contributed by atoms with van der Waals surface area (Å²) in [5.41, 5.74) is -0.377. The average Bonchev–Trinajstić information content (AvgIpc) is 3.04. The van der Waals surface area contributed by atoms with Gasteiger partial charge in [0.25, 0.3) is 0 Å². The molecule has 0 radical (unpaired) electrons. The summed E-state index contributed by atoms with van der Waals surface area (Å²) in [4.78, 5) is 37.8. The Balaban J connectivity index is 1.96. The van der Waals surface area contributed by atoms with Crippen LogP contribution in [0.5, 0.6) is 0 Å². The Morgan fingerprint density at radius 2 is 2.00 bits per heavy atom. The van der Waals surface area contributed by atoms with Gasteiger partial charge in [0, 0.05) is 24.3 Å². The summed E-state index contributed by atoms with van der Waals surface area (Å²) in [6.45, 7) is 5.76. The summed E-state index contributed by atoms with van der Waals surface area (Å²) < 4.78 is 13.3. The number of anilines is 1. The predicted octanol–water partition coefficient (Wildman–Crippen LogP) is 1.40. The lowest BCUT2D eigenvalue weighted by atomic mass is 10.1. The third-order valence-electron chi connectivity index (χ3n) is 3.88. The molecule has 1 aliphatic rings. The Labute approximate surface area is 151 Å². The zero-order chi connectivity index (χ0) is 19.5. The van der Waals surface area contributed by atoms with Crippen molar-refractivity contribution in [3.63, 3.8) is 0 Å². The highest BCUT2D eigenvalue weighted by Crippen LogP contribution is 2.20. The van der Waals surface area contributed by atoms with Crippen LogP contribution in [0.2, 0.25) is 0 Å². The molecular formula is C18H21FN4O3. The van der Waals surface area contributed by atoms with Gasteiger partial charge in [-0.25, -0.2) is 4.39 Å². The largest absolute Gasteiger partial charge is 0.343 e. The molecule has 1 atom stereocenters. The number of nitrogens with zero attached hydrogens (tertiary/aromatic N) is 2. The Hall–Kier alpha value is -2.95. The van der Waals surface area contributed by atoms with Gasteiger partial charge in [0.1, 0.15) is 11.9 Å². The Bertz CT molecular complexity index is 780. The molecule has 2 N–H and O–H groups in total. The summed E-state index contributed by atoms with van der Waals surface area (Å²) in [6, 6.07) is 5.43. The lowest BCUT2D eigenvalue weighted by molar-refractivity contribution is -0.146. The van der Waals surface area contributed by atoms with Crippen LogP contribution >= 0.6 is 0 Å². The van der Waals surface area contributed by atoms with Crippen molar-refractivity contribution >= 4 is 23.4 Å². The van der Waals surface area contributed by atoms with E-state index in [9.17, 15) is 18.8 Å². The van der Waals surface area contributed by atoms with E-state index in [1.54, 1.807) is 26.8 Å². The van der Waals surface area contributed by atoms with Gasteiger partial charge in [-0.2, -0.15) is 5.26 Å². The number of rotatable bonds is 2. The second-order valence-electron chi connectivity index (χ2n) is 7.24. The molecule has 3 amide bonds. The molecule has 0 aliphatic carbocycles. The maximum atomic E-state index is 13.3. The summed E-state index contributed by atoms with van der Waals surface area (Å²) >= 11 is 0. The zero-order valence-electron chi connectivity index (χ0n) is 14.9. The van der Waals surface area contributed by atoms with Gasteiger partial charge in [-0.15, -0.1) is 0 Å². The number of hydrogen-bond acceptors (Lipinski definition) is 4. The summed E-state index contributed by atoms with van der Waals surface area (Å²) in [5.74, 6) is -2.84. The Morgan fingerprint density at radius 1 is 1.31 bits per heavy atom. The van der Waals surface area contributed by atoms with Crippen molar-refractivity contribution in [1.82, 2.24) is 10.2 Å². The highest BCUT2D eigenvalue weighted by molar-refractivity contribution is 6.35. The molecule has 2 rings (SSSR count). The minimum atomic E-state index is -0.698. The number of hydrogen-bond donors (Lipinski definition) is 2. The van der Waals surface area contributed by atoms with Gasteiger partial charge in [-0.05, 0) is 45.4 Å². The van der Waals surface area contributed by atoms with Crippen LogP contribution in [0.3, 0.4) is 0 Å². The molecule has 1 aromatic rings. The topological polar surface area (TPSA) is 102 Å². The number of benzene rings is 1. The van der Waals surface area contributed by atoms with Gasteiger partial charge in [0.2, 0.25) is 5.91 Å². The van der Waals surface area contributed by atoms with Crippen LogP contribution < -0.4 is 10.6 Å². The third-order valence-corrected chi connectivity index (χ3v) is 3.88. The van der Waals surface area contributed by atoms with Gasteiger partial charge in [0.15, 0.2) is 0 Å². The second kappa shape index (κ2) is 7.52. The van der Waals surface area contributed by atoms with Crippen molar-refractivity contribution in [2.24, 2.45) is 5.92 Å². The minimum Gasteiger partial charge on any atom is -0.343 e. The Morgan fingerprint density at radius 3 is 2.62 bits per heavy atom. The first-order chi connectivity index (χ1) is 12.1. The quantitative estimate of drug-likeness (QED) is 0.778. The van der Waals surface area contributed by atoms with E-state index >= 15 is 0 Å². The van der Waals surface area contributed by atoms with Crippen molar-refractivity contribution < 1.29 is 18.8 Å². The molecule has 1 fully saturated rings. The van der Waals surface area contributed by atoms with E-state index in [1.165, 1.54) is 17.0 Å². The molecule has 7 nitrogen and oxygen atoms in total. The van der Waals surface area contributed by atoms with Gasteiger partial charge in [0.05, 0.1) is 11.5 Å². The van der Waals surface area contributed by atoms with Crippen molar-refractivity contribution in [1.29, 1.82) is 5.26 Å². The van der Waals surface area contributed by atoms with E-state index in [4.69, 9.17) is 5.26 Å². The maximum absolute atomic E-state index is 13.3. The minimum absolute atomic E-state index is 0.133. The average molecular weight is 360 g/mol. The highest BCUT2D eigenvalue weighted by atomic mass is 19.1. The monoisotopic (exact) mass is 360 g/mol. The lowest BCUT2D eigenvalue weighted by Gasteiger charge is -2.22. The van der Waals surface area contributed by atoms with Crippen LogP contribution in [0.15, 0.2) is 18.2 Å². The first kappa shape index (κ1) is 19.4. The first-order valence-corrected chi connectivity index (χ1v) is 8.22. The number of halogens is 1. The molecule has 0 unspecified atom stereocenters. The Kier molecular flexibility index (Phi) is 5.60. The van der Waals surface area contributed by atoms with Crippen LogP contribution in [0.4, 0.5) is 10.1 Å². The number of carbonyl (C=O) groups excluding carboxylic acids is 3. The van der Waals surface area contributed by atoms with Crippen LogP contribution in [0, 0.1) is 23.1 Å². The maximum Gasteiger partial charge on any atom is 0.311 e. The molecular weight excluding hydrogens is 339 g/mol. The zero-order valence-corrected chi connectivity index (χ0v) is 14.9. The standard InChI is InChI=1S/C18H21FN4O3/c1-18(2,3)22-16(25)17(26)23-7-6-11(10-23)15(24)21-13-4-5-14(19)12(8-13)9-20/h4-5,8,11H,6-7,10H2,1-3H3,(H,21,24)(H,22,25)/t11-/m0/s1. The van der Waals surface area contributed by atoms with Crippen molar-refractivity contribution in [3.8, 4) is 6.07 Å². The van der Waals surface area contributed by atoms with Crippen LogP contribution in [-0.2, 0) is 14.4 Å². The normalized spacial score (nSPS) is 16.7. The molecule has 0 saturated carbocycles. The summed E-state index contributed by atoms with van der Waals surface area (Å²) in [6.07, 6.45) is 0.423. The number of amides is 3. The van der Waals surface area contributed by atoms with E-state index in [2.05, 4.69) is 10.6 Å². The molecule has 1 heterocycles. The number of nitriles is 1. The molecule has 1 aromatic carbocycles. The third kappa shape index (κ3) is 4.79. The van der Waals surface area contributed by atoms with Gasteiger partial charge in [-0.3, -0.25) is 14.4 Å². The summed E-state index contributed by atoms with van der Waals surface area (Å²) in [7, 11) is 0. The highest BCUT2D eigenvalue weighted by Gasteiger charge is 2.34. The van der Waals surface area contributed by atoms with Crippen LogP contribution in [-0.4, -0.2) is 41.2 Å². The fraction of sp³-hybridized carbons (Fsp3) is 0.444. The summed E-state index contributed by atoms with van der Waals surface area (Å²) in [5, 5.41) is 14.1. The van der Waals surface area contributed by atoms with Crippen molar-refractivity contribution in [2.75, 3.05) is 18.4 Å². The van der Waals surface area contributed by atoms with Gasteiger partial charge in [-0.1, -0.05) is 0 Å². The van der Waals surface area contributed by atoms with E-state index < -0.39 is 29.1 Å².